The fraction of sp³-hybridized carbons (Fsp3) is 0.200. The first kappa shape index (κ1) is 14.0. The third-order valence-electron chi connectivity index (χ3n) is 2.84. The van der Waals surface area contributed by atoms with Crippen molar-refractivity contribution in [2.45, 2.75) is 19.9 Å². The number of halogens is 2. The summed E-state index contributed by atoms with van der Waals surface area (Å²) in [6.45, 7) is 3.71. The predicted octanol–water partition coefficient (Wildman–Crippen LogP) is 4.71. The zero-order valence-corrected chi connectivity index (χ0v) is 12.4. The minimum absolute atomic E-state index is 0.197. The molecule has 0 amide bonds. The average molecular weight is 324 g/mol. The zero-order chi connectivity index (χ0) is 14.0. The average Bonchev–Trinajstić information content (AvgIpc) is 2.34. The molecule has 2 N–H and O–H groups in total. The summed E-state index contributed by atoms with van der Waals surface area (Å²) >= 11 is 3.38. The second-order valence-electron chi connectivity index (χ2n) is 4.46. The third kappa shape index (κ3) is 3.14. The van der Waals surface area contributed by atoms with Crippen molar-refractivity contribution >= 4 is 15.9 Å². The summed E-state index contributed by atoms with van der Waals surface area (Å²) in [5, 5.41) is 0. The Labute approximate surface area is 120 Å². The lowest BCUT2D eigenvalue weighted by Gasteiger charge is -2.15. The molecule has 4 heteroatoms. The van der Waals surface area contributed by atoms with Gasteiger partial charge in [-0.1, -0.05) is 28.1 Å². The second-order valence-corrected chi connectivity index (χ2v) is 5.37. The summed E-state index contributed by atoms with van der Waals surface area (Å²) in [6, 6.07) is 10.1. The molecule has 2 aromatic carbocycles. The van der Waals surface area contributed by atoms with Crippen molar-refractivity contribution in [3.8, 4) is 11.5 Å². The Morgan fingerprint density at radius 3 is 2.63 bits per heavy atom. The molecule has 0 unspecified atom stereocenters. The molecule has 0 bridgehead atoms. The monoisotopic (exact) mass is 323 g/mol. The number of rotatable bonds is 3. The van der Waals surface area contributed by atoms with Gasteiger partial charge in [0.05, 0.1) is 0 Å². The van der Waals surface area contributed by atoms with Crippen LogP contribution in [0.2, 0.25) is 0 Å². The number of benzene rings is 2. The normalized spacial score (nSPS) is 12.3. The Morgan fingerprint density at radius 1 is 1.26 bits per heavy atom. The molecule has 0 spiro atoms. The van der Waals surface area contributed by atoms with Crippen LogP contribution in [-0.4, -0.2) is 0 Å². The van der Waals surface area contributed by atoms with Crippen molar-refractivity contribution in [2.24, 2.45) is 5.73 Å². The van der Waals surface area contributed by atoms with Crippen molar-refractivity contribution in [1.29, 1.82) is 0 Å². The minimum Gasteiger partial charge on any atom is -0.454 e. The van der Waals surface area contributed by atoms with Crippen LogP contribution in [0.1, 0.15) is 24.1 Å². The Morgan fingerprint density at radius 2 is 2.00 bits per heavy atom. The summed E-state index contributed by atoms with van der Waals surface area (Å²) in [5.74, 6) is 0.412. The van der Waals surface area contributed by atoms with E-state index in [2.05, 4.69) is 15.9 Å². The topological polar surface area (TPSA) is 35.2 Å². The van der Waals surface area contributed by atoms with Gasteiger partial charge in [-0.05, 0) is 43.7 Å². The van der Waals surface area contributed by atoms with E-state index in [0.29, 0.717) is 11.3 Å². The maximum atomic E-state index is 13.9. The number of nitrogens with two attached hydrogens (primary N) is 1. The lowest BCUT2D eigenvalue weighted by molar-refractivity contribution is 0.430. The van der Waals surface area contributed by atoms with Gasteiger partial charge in [0.25, 0.3) is 0 Å². The quantitative estimate of drug-likeness (QED) is 0.887. The summed E-state index contributed by atoms with van der Waals surface area (Å²) in [6.07, 6.45) is 0. The molecule has 0 saturated carbocycles. The molecule has 0 aliphatic rings. The standard InChI is InChI=1S/C15H15BrFNO/c1-9-8-11(16)6-7-14(9)19-15-12(10(2)18)4-3-5-13(15)17/h3-8,10H,18H2,1-2H3/t10-/m1/s1. The van der Waals surface area contributed by atoms with Crippen LogP contribution >= 0.6 is 15.9 Å². The van der Waals surface area contributed by atoms with E-state index in [-0.39, 0.29) is 11.8 Å². The summed E-state index contributed by atoms with van der Waals surface area (Å²) in [4.78, 5) is 0. The molecule has 0 saturated heterocycles. The highest BCUT2D eigenvalue weighted by Gasteiger charge is 2.14. The number of para-hydroxylation sites is 1. The maximum absolute atomic E-state index is 13.9. The Bertz CT molecular complexity index is 599. The first-order valence-electron chi connectivity index (χ1n) is 5.97. The van der Waals surface area contributed by atoms with Crippen LogP contribution in [0.4, 0.5) is 4.39 Å². The molecule has 100 valence electrons. The molecule has 2 aromatic rings. The largest absolute Gasteiger partial charge is 0.454 e. The number of aryl methyl sites for hydroxylation is 1. The summed E-state index contributed by atoms with van der Waals surface area (Å²) < 4.78 is 20.6. The molecule has 2 nitrogen and oxygen atoms in total. The van der Waals surface area contributed by atoms with E-state index >= 15 is 0 Å². The summed E-state index contributed by atoms with van der Waals surface area (Å²) in [7, 11) is 0. The van der Waals surface area contributed by atoms with E-state index in [1.54, 1.807) is 25.1 Å². The summed E-state index contributed by atoms with van der Waals surface area (Å²) in [5.41, 5.74) is 7.42. The Balaban J connectivity index is 2.43. The van der Waals surface area contributed by atoms with E-state index in [9.17, 15) is 4.39 Å². The van der Waals surface area contributed by atoms with Crippen molar-refractivity contribution in [1.82, 2.24) is 0 Å². The first-order valence-corrected chi connectivity index (χ1v) is 6.76. The van der Waals surface area contributed by atoms with Gasteiger partial charge < -0.3 is 10.5 Å². The molecule has 19 heavy (non-hydrogen) atoms. The third-order valence-corrected chi connectivity index (χ3v) is 3.33. The molecular weight excluding hydrogens is 309 g/mol. The van der Waals surface area contributed by atoms with Crippen molar-refractivity contribution in [3.63, 3.8) is 0 Å². The van der Waals surface area contributed by atoms with E-state index < -0.39 is 5.82 Å². The van der Waals surface area contributed by atoms with Crippen LogP contribution in [0.25, 0.3) is 0 Å². The highest BCUT2D eigenvalue weighted by atomic mass is 79.9. The van der Waals surface area contributed by atoms with Gasteiger partial charge >= 0.3 is 0 Å². The Kier molecular flexibility index (Phi) is 4.22. The molecular formula is C15H15BrFNO. The van der Waals surface area contributed by atoms with Gasteiger partial charge in [0.15, 0.2) is 11.6 Å². The maximum Gasteiger partial charge on any atom is 0.167 e. The molecule has 0 aliphatic carbocycles. The fourth-order valence-electron chi connectivity index (χ4n) is 1.83. The van der Waals surface area contributed by atoms with Crippen molar-refractivity contribution in [2.75, 3.05) is 0 Å². The molecule has 0 radical (unpaired) electrons. The predicted molar refractivity (Wildman–Crippen MR) is 78.0 cm³/mol. The number of hydrogen-bond acceptors (Lipinski definition) is 2. The van der Waals surface area contributed by atoms with Crippen LogP contribution < -0.4 is 10.5 Å². The van der Waals surface area contributed by atoms with Gasteiger partial charge in [-0.15, -0.1) is 0 Å². The lowest BCUT2D eigenvalue weighted by atomic mass is 10.1. The lowest BCUT2D eigenvalue weighted by Crippen LogP contribution is -2.07. The molecule has 0 aliphatic heterocycles. The van der Waals surface area contributed by atoms with Crippen LogP contribution in [-0.2, 0) is 0 Å². The van der Waals surface area contributed by atoms with Gasteiger partial charge in [-0.25, -0.2) is 4.39 Å². The Hall–Kier alpha value is -1.39. The van der Waals surface area contributed by atoms with Gasteiger partial charge in [0, 0.05) is 16.1 Å². The second kappa shape index (κ2) is 5.72. The van der Waals surface area contributed by atoms with E-state index in [1.165, 1.54) is 6.07 Å². The molecule has 2 rings (SSSR count). The van der Waals surface area contributed by atoms with Gasteiger partial charge in [0.2, 0.25) is 0 Å². The van der Waals surface area contributed by atoms with E-state index in [1.807, 2.05) is 19.1 Å². The van der Waals surface area contributed by atoms with Crippen LogP contribution in [0, 0.1) is 12.7 Å². The highest BCUT2D eigenvalue weighted by Crippen LogP contribution is 2.33. The fourth-order valence-corrected chi connectivity index (χ4v) is 2.30. The first-order chi connectivity index (χ1) is 8.99. The van der Waals surface area contributed by atoms with Gasteiger partial charge in [-0.3, -0.25) is 0 Å². The SMILES string of the molecule is Cc1cc(Br)ccc1Oc1c(F)cccc1[C@@H](C)N. The van der Waals surface area contributed by atoms with E-state index in [0.717, 1.165) is 10.0 Å². The van der Waals surface area contributed by atoms with Crippen molar-refractivity contribution in [3.05, 3.63) is 57.8 Å². The zero-order valence-electron chi connectivity index (χ0n) is 10.8. The minimum atomic E-state index is -0.405. The number of hydrogen-bond donors (Lipinski definition) is 1. The van der Waals surface area contributed by atoms with E-state index in [4.69, 9.17) is 10.5 Å². The number of ether oxygens (including phenoxy) is 1. The van der Waals surface area contributed by atoms with Crippen LogP contribution in [0.3, 0.4) is 0 Å². The van der Waals surface area contributed by atoms with Crippen LogP contribution in [0.5, 0.6) is 11.5 Å². The van der Waals surface area contributed by atoms with Crippen molar-refractivity contribution < 1.29 is 9.13 Å². The highest BCUT2D eigenvalue weighted by molar-refractivity contribution is 9.10. The molecule has 0 fully saturated rings. The molecule has 1 atom stereocenters. The smallest absolute Gasteiger partial charge is 0.167 e. The van der Waals surface area contributed by atoms with Crippen LogP contribution in [0.15, 0.2) is 40.9 Å². The molecule has 0 aromatic heterocycles. The van der Waals surface area contributed by atoms with Gasteiger partial charge in [-0.2, -0.15) is 0 Å². The van der Waals surface area contributed by atoms with Gasteiger partial charge in [0.1, 0.15) is 5.75 Å². The molecule has 0 heterocycles.